The van der Waals surface area contributed by atoms with E-state index in [1.165, 1.54) is 11.8 Å². The van der Waals surface area contributed by atoms with Crippen LogP contribution in [0.4, 0.5) is 0 Å². The van der Waals surface area contributed by atoms with Crippen LogP contribution >= 0.6 is 11.8 Å². The second kappa shape index (κ2) is 47.0. The van der Waals surface area contributed by atoms with Crippen LogP contribution in [-0.2, 0) is 33.6 Å². The fourth-order valence-corrected chi connectivity index (χ4v) is 11.0. The molecule has 6 atom stereocenters. The number of thioether (sulfide) groups is 1. The Morgan fingerprint density at radius 3 is 0.726 bits per heavy atom. The summed E-state index contributed by atoms with van der Waals surface area (Å²) in [5.41, 5.74) is -15.6. The molecule has 0 aliphatic rings. The smallest absolute Gasteiger partial charge is 0.224 e. The van der Waals surface area contributed by atoms with E-state index >= 15 is 14.4 Å². The summed E-state index contributed by atoms with van der Waals surface area (Å²) in [6, 6.07) is 0. The molecule has 36 heteroatoms. The maximum Gasteiger partial charge on any atom is 0.224 e. The van der Waals surface area contributed by atoms with E-state index < -0.39 is 299 Å². The fraction of sp³-hybridized carbons (Fsp3) is 0.881. The Hall–Kier alpha value is -4.20. The van der Waals surface area contributed by atoms with Crippen LogP contribution in [0.25, 0.3) is 0 Å². The molecule has 95 heavy (non-hydrogen) atoms. The number of unbranched alkanes of at least 4 members (excludes halogenated alkanes) is 7. The molecule has 558 valence electrons. The summed E-state index contributed by atoms with van der Waals surface area (Å²) < 4.78 is 0. The van der Waals surface area contributed by atoms with E-state index in [1.54, 1.807) is 0 Å². The summed E-state index contributed by atoms with van der Waals surface area (Å²) in [4.78, 5) is 103. The third kappa shape index (κ3) is 28.9. The summed E-state index contributed by atoms with van der Waals surface area (Å²) in [7, 11) is 0. The summed E-state index contributed by atoms with van der Waals surface area (Å²) in [5.74, 6) is -19.5. The van der Waals surface area contributed by atoms with Crippen molar-refractivity contribution in [1.82, 2.24) is 37.2 Å². The van der Waals surface area contributed by atoms with Crippen molar-refractivity contribution in [1.29, 1.82) is 0 Å². The van der Waals surface area contributed by atoms with Gasteiger partial charge in [-0.3, -0.25) is 33.6 Å². The molecule has 0 heterocycles. The lowest BCUT2D eigenvalue weighted by molar-refractivity contribution is -0.136. The van der Waals surface area contributed by atoms with Gasteiger partial charge < -0.3 is 144 Å². The van der Waals surface area contributed by atoms with E-state index in [0.29, 0.717) is 12.2 Å². The number of rotatable bonds is 58. The Kier molecular flexibility index (Phi) is 44.9. The molecular formula is C59H113N7O28S. The van der Waals surface area contributed by atoms with Gasteiger partial charge in [-0.25, -0.2) is 0 Å². The molecule has 0 fully saturated rings. The summed E-state index contributed by atoms with van der Waals surface area (Å²) >= 11 is 1.22. The van der Waals surface area contributed by atoms with Crippen LogP contribution in [0.15, 0.2) is 0 Å². The van der Waals surface area contributed by atoms with E-state index in [1.807, 2.05) is 0 Å². The molecular weight excluding hydrogens is 1290 g/mol. The van der Waals surface area contributed by atoms with Crippen molar-refractivity contribution in [3.8, 4) is 0 Å². The highest BCUT2D eigenvalue weighted by Gasteiger charge is 2.45. The van der Waals surface area contributed by atoms with Gasteiger partial charge in [-0.2, -0.15) is 11.8 Å². The highest BCUT2D eigenvalue weighted by Crippen LogP contribution is 2.34. The molecule has 0 aliphatic heterocycles. The SMILES string of the molecule is CCCCCCCCCCSCC(CC(CC(CC(CC(CC(CCC(=O)NC(CO)(CO)CO)C(=O)NC(CO)(CO)CO)C(=O)NC(CO)(CO)CO)C(=O)NC(CO)(CO)CO)C(=O)NC(CO)(CO)CO)C(=O)NC(CO)(CO)CO)C(=O)NC(CO)(CO)CO. The Morgan fingerprint density at radius 1 is 0.274 bits per heavy atom. The minimum absolute atomic E-state index is 0.170. The van der Waals surface area contributed by atoms with Crippen LogP contribution in [0.5, 0.6) is 0 Å². The lowest BCUT2D eigenvalue weighted by Gasteiger charge is -2.37. The zero-order valence-corrected chi connectivity index (χ0v) is 55.3. The molecule has 6 unspecified atom stereocenters. The Labute approximate surface area is 557 Å². The van der Waals surface area contributed by atoms with E-state index in [-0.39, 0.29) is 5.75 Å². The normalized spacial score (nSPS) is 14.6. The van der Waals surface area contributed by atoms with Crippen molar-refractivity contribution in [2.45, 2.75) is 142 Å². The second-order valence-electron chi connectivity index (χ2n) is 25.2. The molecule has 0 saturated carbocycles. The number of carbonyl (C=O) groups excluding carboxylic acids is 7. The summed E-state index contributed by atoms with van der Waals surface area (Å²) in [5, 5.41) is 233. The predicted molar refractivity (Wildman–Crippen MR) is 338 cm³/mol. The van der Waals surface area contributed by atoms with E-state index in [0.717, 1.165) is 44.9 Å². The van der Waals surface area contributed by atoms with Crippen molar-refractivity contribution in [2.24, 2.45) is 35.5 Å². The molecule has 7 amide bonds. The number of hydrogen-bond donors (Lipinski definition) is 28. The van der Waals surface area contributed by atoms with Gasteiger partial charge in [0.25, 0.3) is 0 Å². The number of aliphatic hydroxyl groups excluding tert-OH is 21. The first-order valence-corrected chi connectivity index (χ1v) is 32.9. The van der Waals surface area contributed by atoms with Crippen LogP contribution in [0.1, 0.15) is 103 Å². The Morgan fingerprint density at radius 2 is 0.474 bits per heavy atom. The molecule has 0 aromatic carbocycles. The highest BCUT2D eigenvalue weighted by molar-refractivity contribution is 7.99. The van der Waals surface area contributed by atoms with E-state index in [9.17, 15) is 126 Å². The van der Waals surface area contributed by atoms with Gasteiger partial charge in [-0.05, 0) is 50.7 Å². The third-order valence-electron chi connectivity index (χ3n) is 17.3. The average molecular weight is 1400 g/mol. The summed E-state index contributed by atoms with van der Waals surface area (Å²) in [6.07, 6.45) is 1.33. The van der Waals surface area contributed by atoms with Crippen molar-refractivity contribution in [3.05, 3.63) is 0 Å². The standard InChI is InChI=1S/C59H113N7O28S/c1-2-3-4-5-6-7-8-9-12-95-18-45(52(94)66-59(37-85,38-86)39-87)17-44(51(93)65-58(34-82,35-83)36-84)16-43(50(92)64-57(31-79,32-80)33-81)15-42(49(91)63-56(28-76,29-77)30-78)14-41(48(90)62-55(25-73,26-74)27-75)13-40(47(89)61-54(22-70,23-71)24-72)10-11-46(88)60-53(19-67,20-68)21-69/h40-45,67-87H,2-39H2,1H3,(H,60,88)(H,61,89)(H,62,90)(H,63,91)(H,64,92)(H,65,93)(H,66,94). The number of nitrogens with one attached hydrogen (secondary N) is 7. The van der Waals surface area contributed by atoms with Crippen molar-refractivity contribution >= 4 is 53.1 Å². The fourth-order valence-electron chi connectivity index (χ4n) is 9.85. The molecule has 0 aliphatic carbocycles. The first-order valence-electron chi connectivity index (χ1n) is 31.8. The Bertz CT molecular complexity index is 2130. The summed E-state index contributed by atoms with van der Waals surface area (Å²) in [6.45, 7) is -21.8. The molecule has 0 radical (unpaired) electrons. The quantitative estimate of drug-likeness (QED) is 0.0251. The largest absolute Gasteiger partial charge is 0.394 e. The monoisotopic (exact) mass is 1400 g/mol. The zero-order chi connectivity index (χ0) is 72.5. The lowest BCUT2D eigenvalue weighted by Crippen LogP contribution is -2.61. The van der Waals surface area contributed by atoms with E-state index in [4.69, 9.17) is 0 Å². The molecule has 28 N–H and O–H groups in total. The molecule has 0 bridgehead atoms. The topological polar surface area (TPSA) is 629 Å². The minimum atomic E-state index is -2.36. The van der Waals surface area contributed by atoms with Gasteiger partial charge in [-0.1, -0.05) is 51.9 Å². The predicted octanol–water partition coefficient (Wildman–Crippen LogP) is -10.9. The van der Waals surface area contributed by atoms with Crippen LogP contribution in [0.2, 0.25) is 0 Å². The zero-order valence-electron chi connectivity index (χ0n) is 54.5. The first kappa shape index (κ1) is 90.8. The maximum atomic E-state index is 15.2. The van der Waals surface area contributed by atoms with Crippen LogP contribution < -0.4 is 37.2 Å². The molecule has 0 aromatic heterocycles. The van der Waals surface area contributed by atoms with Gasteiger partial charge in [0, 0.05) is 47.7 Å². The second-order valence-corrected chi connectivity index (χ2v) is 26.4. The minimum Gasteiger partial charge on any atom is -0.394 e. The van der Waals surface area contributed by atoms with Gasteiger partial charge in [0.05, 0.1) is 139 Å². The van der Waals surface area contributed by atoms with Crippen LogP contribution in [0.3, 0.4) is 0 Å². The van der Waals surface area contributed by atoms with Gasteiger partial charge in [0.15, 0.2) is 0 Å². The van der Waals surface area contributed by atoms with Crippen molar-refractivity contribution in [3.63, 3.8) is 0 Å². The van der Waals surface area contributed by atoms with Crippen molar-refractivity contribution < 1.29 is 141 Å². The number of aliphatic hydroxyl groups is 21. The third-order valence-corrected chi connectivity index (χ3v) is 18.6. The van der Waals surface area contributed by atoms with Gasteiger partial charge >= 0.3 is 0 Å². The molecule has 35 nitrogen and oxygen atoms in total. The van der Waals surface area contributed by atoms with Gasteiger partial charge in [-0.15, -0.1) is 0 Å². The van der Waals surface area contributed by atoms with Crippen molar-refractivity contribution in [2.75, 3.05) is 150 Å². The number of hydrogen-bond acceptors (Lipinski definition) is 29. The number of carbonyl (C=O) groups is 7. The number of amides is 7. The molecule has 0 spiro atoms. The van der Waals surface area contributed by atoms with Crippen LogP contribution in [-0.4, -0.2) is 338 Å². The molecule has 0 aromatic rings. The van der Waals surface area contributed by atoms with E-state index in [2.05, 4.69) is 44.1 Å². The van der Waals surface area contributed by atoms with Gasteiger partial charge in [0.2, 0.25) is 41.4 Å². The first-order chi connectivity index (χ1) is 45.2. The average Bonchev–Trinajstić information content (AvgIpc) is 0.846. The lowest BCUT2D eigenvalue weighted by atomic mass is 9.76. The molecule has 0 rings (SSSR count). The maximum absolute atomic E-state index is 15.2. The van der Waals surface area contributed by atoms with Gasteiger partial charge in [0.1, 0.15) is 38.8 Å². The molecule has 0 saturated heterocycles. The van der Waals surface area contributed by atoms with Crippen LogP contribution in [0, 0.1) is 35.5 Å². The Balaban J connectivity index is 9.12. The highest BCUT2D eigenvalue weighted by atomic mass is 32.2.